The zero-order valence-electron chi connectivity index (χ0n) is 7.25. The van der Waals surface area contributed by atoms with Crippen LogP contribution in [-0.4, -0.2) is 18.0 Å². The van der Waals surface area contributed by atoms with Crippen LogP contribution in [0.4, 0.5) is 0 Å². The molecular formula is C9H16N2O. The van der Waals surface area contributed by atoms with Crippen LogP contribution in [0.2, 0.25) is 0 Å². The molecule has 0 spiro atoms. The van der Waals surface area contributed by atoms with Crippen LogP contribution in [0.25, 0.3) is 0 Å². The van der Waals surface area contributed by atoms with Crippen LogP contribution in [0, 0.1) is 0 Å². The van der Waals surface area contributed by atoms with Crippen LogP contribution in [0.15, 0.2) is 12.7 Å². The lowest BCUT2D eigenvalue weighted by molar-refractivity contribution is -0.123. The molecule has 0 heterocycles. The topological polar surface area (TPSA) is 55.1 Å². The second-order valence-corrected chi connectivity index (χ2v) is 3.27. The summed E-state index contributed by atoms with van der Waals surface area (Å²) in [5.74, 6) is -0.0420. The van der Waals surface area contributed by atoms with Crippen molar-refractivity contribution in [1.29, 1.82) is 0 Å². The Morgan fingerprint density at radius 2 is 2.42 bits per heavy atom. The van der Waals surface area contributed by atoms with Crippen molar-refractivity contribution in [2.45, 2.75) is 37.8 Å². The molecule has 1 aliphatic rings. The van der Waals surface area contributed by atoms with Crippen LogP contribution < -0.4 is 11.1 Å². The molecule has 1 rings (SSSR count). The fourth-order valence-electron chi connectivity index (χ4n) is 1.15. The predicted octanol–water partition coefficient (Wildman–Crippen LogP) is 0.558. The maximum absolute atomic E-state index is 11.3. The van der Waals surface area contributed by atoms with Crippen molar-refractivity contribution < 1.29 is 4.79 Å². The summed E-state index contributed by atoms with van der Waals surface area (Å²) in [7, 11) is 0. The monoisotopic (exact) mass is 168 g/mol. The number of amides is 1. The summed E-state index contributed by atoms with van der Waals surface area (Å²) >= 11 is 0. The molecule has 0 bridgehead atoms. The number of rotatable bonds is 4. The van der Waals surface area contributed by atoms with E-state index in [9.17, 15) is 4.79 Å². The van der Waals surface area contributed by atoms with E-state index in [2.05, 4.69) is 11.9 Å². The number of carbonyl (C=O) groups excluding carboxylic acids is 1. The van der Waals surface area contributed by atoms with Crippen molar-refractivity contribution >= 4 is 5.91 Å². The van der Waals surface area contributed by atoms with Crippen molar-refractivity contribution in [3.63, 3.8) is 0 Å². The highest BCUT2D eigenvalue weighted by atomic mass is 16.2. The maximum atomic E-state index is 11.3. The van der Waals surface area contributed by atoms with E-state index in [0.29, 0.717) is 12.5 Å². The molecule has 1 amide bonds. The van der Waals surface area contributed by atoms with Crippen LogP contribution in [0.1, 0.15) is 25.7 Å². The SMILES string of the molecule is C=CCC(N)C(=O)NC1CCC1. The number of nitrogens with one attached hydrogen (secondary N) is 1. The van der Waals surface area contributed by atoms with E-state index in [1.165, 1.54) is 6.42 Å². The third-order valence-corrected chi connectivity index (χ3v) is 2.21. The molecule has 1 saturated carbocycles. The number of hydrogen-bond donors (Lipinski definition) is 2. The molecule has 0 radical (unpaired) electrons. The average molecular weight is 168 g/mol. The largest absolute Gasteiger partial charge is 0.352 e. The zero-order chi connectivity index (χ0) is 8.97. The Kier molecular flexibility index (Phi) is 3.29. The van der Waals surface area contributed by atoms with Crippen molar-refractivity contribution in [2.75, 3.05) is 0 Å². The third-order valence-electron chi connectivity index (χ3n) is 2.21. The van der Waals surface area contributed by atoms with Crippen LogP contribution in [0.3, 0.4) is 0 Å². The van der Waals surface area contributed by atoms with Gasteiger partial charge in [0.05, 0.1) is 6.04 Å². The van der Waals surface area contributed by atoms with Gasteiger partial charge in [0, 0.05) is 6.04 Å². The first-order valence-electron chi connectivity index (χ1n) is 4.41. The summed E-state index contributed by atoms with van der Waals surface area (Å²) in [6.07, 6.45) is 5.66. The highest BCUT2D eigenvalue weighted by Crippen LogP contribution is 2.17. The Balaban J connectivity index is 2.21. The van der Waals surface area contributed by atoms with Crippen molar-refractivity contribution in [3.8, 4) is 0 Å². The molecule has 0 aromatic heterocycles. The van der Waals surface area contributed by atoms with Gasteiger partial charge in [0.1, 0.15) is 0 Å². The van der Waals surface area contributed by atoms with E-state index in [0.717, 1.165) is 12.8 Å². The van der Waals surface area contributed by atoms with Gasteiger partial charge in [-0.2, -0.15) is 0 Å². The first-order chi connectivity index (χ1) is 5.74. The molecule has 68 valence electrons. The van der Waals surface area contributed by atoms with Crippen LogP contribution in [0.5, 0.6) is 0 Å². The molecule has 1 atom stereocenters. The fourth-order valence-corrected chi connectivity index (χ4v) is 1.15. The molecule has 0 aromatic rings. The van der Waals surface area contributed by atoms with Gasteiger partial charge in [-0.15, -0.1) is 6.58 Å². The molecule has 3 N–H and O–H groups in total. The minimum Gasteiger partial charge on any atom is -0.352 e. The number of hydrogen-bond acceptors (Lipinski definition) is 2. The quantitative estimate of drug-likeness (QED) is 0.603. The first kappa shape index (κ1) is 9.26. The molecule has 3 heteroatoms. The van der Waals surface area contributed by atoms with E-state index in [-0.39, 0.29) is 5.91 Å². The second kappa shape index (κ2) is 4.26. The lowest BCUT2D eigenvalue weighted by atomic mass is 9.93. The number of nitrogens with two attached hydrogens (primary N) is 1. The lowest BCUT2D eigenvalue weighted by Crippen LogP contribution is -2.47. The lowest BCUT2D eigenvalue weighted by Gasteiger charge is -2.27. The van der Waals surface area contributed by atoms with Crippen LogP contribution >= 0.6 is 0 Å². The average Bonchev–Trinajstić information content (AvgIpc) is 1.97. The van der Waals surface area contributed by atoms with Gasteiger partial charge in [0.25, 0.3) is 0 Å². The van der Waals surface area contributed by atoms with Gasteiger partial charge in [0.15, 0.2) is 0 Å². The van der Waals surface area contributed by atoms with Crippen molar-refractivity contribution in [2.24, 2.45) is 5.73 Å². The maximum Gasteiger partial charge on any atom is 0.237 e. The molecule has 0 aliphatic heterocycles. The zero-order valence-corrected chi connectivity index (χ0v) is 7.25. The highest BCUT2D eigenvalue weighted by molar-refractivity contribution is 5.81. The van der Waals surface area contributed by atoms with Crippen molar-refractivity contribution in [3.05, 3.63) is 12.7 Å². The number of carbonyl (C=O) groups is 1. The van der Waals surface area contributed by atoms with Gasteiger partial charge in [-0.3, -0.25) is 4.79 Å². The summed E-state index contributed by atoms with van der Waals surface area (Å²) in [4.78, 5) is 11.3. The van der Waals surface area contributed by atoms with Gasteiger partial charge in [0.2, 0.25) is 5.91 Å². The van der Waals surface area contributed by atoms with E-state index >= 15 is 0 Å². The van der Waals surface area contributed by atoms with Crippen molar-refractivity contribution in [1.82, 2.24) is 5.32 Å². The molecular weight excluding hydrogens is 152 g/mol. The van der Waals surface area contributed by atoms with Gasteiger partial charge in [-0.25, -0.2) is 0 Å². The van der Waals surface area contributed by atoms with Gasteiger partial charge >= 0.3 is 0 Å². The van der Waals surface area contributed by atoms with Gasteiger partial charge in [-0.1, -0.05) is 6.08 Å². The molecule has 1 fully saturated rings. The Morgan fingerprint density at radius 3 is 2.83 bits per heavy atom. The Hall–Kier alpha value is -0.830. The Bertz CT molecular complexity index is 175. The summed E-state index contributed by atoms with van der Waals surface area (Å²) in [5.41, 5.74) is 5.57. The highest BCUT2D eigenvalue weighted by Gasteiger charge is 2.21. The molecule has 0 aromatic carbocycles. The van der Waals surface area contributed by atoms with E-state index < -0.39 is 6.04 Å². The smallest absolute Gasteiger partial charge is 0.237 e. The minimum atomic E-state index is -0.414. The molecule has 12 heavy (non-hydrogen) atoms. The molecule has 1 aliphatic carbocycles. The Labute approximate surface area is 73.0 Å². The van der Waals surface area contributed by atoms with E-state index in [4.69, 9.17) is 5.73 Å². The normalized spacial score (nSPS) is 19.4. The fraction of sp³-hybridized carbons (Fsp3) is 0.667. The Morgan fingerprint density at radius 1 is 1.75 bits per heavy atom. The standard InChI is InChI=1S/C9H16N2O/c1-2-4-8(10)9(12)11-7-5-3-6-7/h2,7-8H,1,3-6,10H2,(H,11,12). The van der Waals surface area contributed by atoms with E-state index in [1.807, 2.05) is 0 Å². The molecule has 0 saturated heterocycles. The summed E-state index contributed by atoms with van der Waals surface area (Å²) in [6.45, 7) is 3.54. The second-order valence-electron chi connectivity index (χ2n) is 3.27. The van der Waals surface area contributed by atoms with E-state index in [1.54, 1.807) is 6.08 Å². The summed E-state index contributed by atoms with van der Waals surface area (Å²) < 4.78 is 0. The van der Waals surface area contributed by atoms with Gasteiger partial charge in [-0.05, 0) is 25.7 Å². The predicted molar refractivity (Wildman–Crippen MR) is 48.6 cm³/mol. The molecule has 3 nitrogen and oxygen atoms in total. The van der Waals surface area contributed by atoms with Crippen LogP contribution in [-0.2, 0) is 4.79 Å². The minimum absolute atomic E-state index is 0.0420. The van der Waals surface area contributed by atoms with Gasteiger partial charge < -0.3 is 11.1 Å². The molecule has 1 unspecified atom stereocenters. The third kappa shape index (κ3) is 2.34. The first-order valence-corrected chi connectivity index (χ1v) is 4.41. The summed E-state index contributed by atoms with van der Waals surface area (Å²) in [6, 6.07) is -0.0311. The summed E-state index contributed by atoms with van der Waals surface area (Å²) in [5, 5.41) is 2.89.